The van der Waals surface area contributed by atoms with Gasteiger partial charge in [0, 0.05) is 0 Å². The molecular weight excluding hydrogens is 215 g/mol. The van der Waals surface area contributed by atoms with E-state index in [4.69, 9.17) is 5.26 Å². The van der Waals surface area contributed by atoms with Crippen LogP contribution in [0.2, 0.25) is 0 Å². The van der Waals surface area contributed by atoms with E-state index in [2.05, 4.69) is 4.98 Å². The van der Waals surface area contributed by atoms with Crippen LogP contribution in [0.3, 0.4) is 0 Å². The van der Waals surface area contributed by atoms with Gasteiger partial charge >= 0.3 is 4.87 Å². The van der Waals surface area contributed by atoms with Crippen LogP contribution in [0.1, 0.15) is 5.69 Å². The zero-order valence-corrected chi connectivity index (χ0v) is 8.27. The standard InChI is InChI=1S/C10H5FN2OS/c11-7-3-1-6(2-4-7)9-8(5-12)13-10(14)15-9/h1-4H,(H,13,14). The minimum atomic E-state index is -0.347. The Morgan fingerprint density at radius 3 is 2.60 bits per heavy atom. The molecule has 15 heavy (non-hydrogen) atoms. The van der Waals surface area contributed by atoms with Gasteiger partial charge < -0.3 is 4.98 Å². The molecule has 0 bridgehead atoms. The van der Waals surface area contributed by atoms with Crippen molar-refractivity contribution in [3.63, 3.8) is 0 Å². The van der Waals surface area contributed by atoms with Crippen LogP contribution in [0.15, 0.2) is 29.1 Å². The Morgan fingerprint density at radius 1 is 1.33 bits per heavy atom. The van der Waals surface area contributed by atoms with Crippen molar-refractivity contribution in [3.8, 4) is 16.5 Å². The van der Waals surface area contributed by atoms with Gasteiger partial charge in [-0.05, 0) is 17.7 Å². The summed E-state index contributed by atoms with van der Waals surface area (Å²) in [6.45, 7) is 0. The number of H-pyrrole nitrogens is 1. The Kier molecular flexibility index (Phi) is 2.35. The Balaban J connectivity index is 2.59. The number of thiazole rings is 1. The molecule has 0 amide bonds. The number of hydrogen-bond donors (Lipinski definition) is 1. The molecule has 0 atom stereocenters. The molecule has 5 heteroatoms. The predicted molar refractivity (Wildman–Crippen MR) is 55.0 cm³/mol. The first-order valence-corrected chi connectivity index (χ1v) is 4.91. The molecule has 2 rings (SSSR count). The van der Waals surface area contributed by atoms with Gasteiger partial charge in [0.1, 0.15) is 17.6 Å². The topological polar surface area (TPSA) is 56.6 Å². The van der Waals surface area contributed by atoms with E-state index in [0.717, 1.165) is 11.3 Å². The zero-order valence-electron chi connectivity index (χ0n) is 7.45. The lowest BCUT2D eigenvalue weighted by atomic mass is 10.1. The molecule has 3 nitrogen and oxygen atoms in total. The first-order chi connectivity index (χ1) is 7.20. The van der Waals surface area contributed by atoms with Gasteiger partial charge in [0.2, 0.25) is 0 Å². The number of nitriles is 1. The van der Waals surface area contributed by atoms with E-state index in [1.807, 2.05) is 6.07 Å². The highest BCUT2D eigenvalue weighted by atomic mass is 32.1. The van der Waals surface area contributed by atoms with Crippen molar-refractivity contribution >= 4 is 11.3 Å². The normalized spacial score (nSPS) is 9.87. The maximum absolute atomic E-state index is 12.7. The lowest BCUT2D eigenvalue weighted by Gasteiger charge is -1.96. The van der Waals surface area contributed by atoms with Crippen LogP contribution in [-0.4, -0.2) is 4.98 Å². The first kappa shape index (κ1) is 9.62. The second-order valence-corrected chi connectivity index (χ2v) is 3.82. The summed E-state index contributed by atoms with van der Waals surface area (Å²) in [5.41, 5.74) is 0.882. The van der Waals surface area contributed by atoms with Crippen molar-refractivity contribution < 1.29 is 4.39 Å². The van der Waals surface area contributed by atoms with Gasteiger partial charge in [0.05, 0.1) is 4.88 Å². The summed E-state index contributed by atoms with van der Waals surface area (Å²) >= 11 is 0.942. The monoisotopic (exact) mass is 220 g/mol. The highest BCUT2D eigenvalue weighted by Gasteiger charge is 2.09. The average molecular weight is 220 g/mol. The quantitative estimate of drug-likeness (QED) is 0.800. The molecule has 1 aromatic heterocycles. The van der Waals surface area contributed by atoms with Gasteiger partial charge in [-0.3, -0.25) is 4.79 Å². The first-order valence-electron chi connectivity index (χ1n) is 4.10. The molecule has 0 radical (unpaired) electrons. The molecule has 0 aliphatic rings. The van der Waals surface area contributed by atoms with Gasteiger partial charge in [-0.15, -0.1) is 0 Å². The second-order valence-electron chi connectivity index (χ2n) is 2.84. The summed E-state index contributed by atoms with van der Waals surface area (Å²) in [4.78, 5) is 13.7. The molecule has 0 unspecified atom stereocenters. The number of halogens is 1. The van der Waals surface area contributed by atoms with Crippen molar-refractivity contribution in [2.45, 2.75) is 0 Å². The van der Waals surface area contributed by atoms with Crippen LogP contribution in [0, 0.1) is 17.1 Å². The van der Waals surface area contributed by atoms with Crippen LogP contribution in [0.5, 0.6) is 0 Å². The largest absolute Gasteiger partial charge is 0.306 e. The number of rotatable bonds is 1. The Morgan fingerprint density at radius 2 is 2.00 bits per heavy atom. The smallest absolute Gasteiger partial charge is 0.304 e. The fourth-order valence-electron chi connectivity index (χ4n) is 1.21. The minimum Gasteiger partial charge on any atom is -0.304 e. The SMILES string of the molecule is N#Cc1[nH]c(=O)sc1-c1ccc(F)cc1. The third-order valence-corrected chi connectivity index (χ3v) is 2.80. The third-order valence-electron chi connectivity index (χ3n) is 1.87. The summed E-state index contributed by atoms with van der Waals surface area (Å²) in [6.07, 6.45) is 0. The van der Waals surface area contributed by atoms with Gasteiger partial charge in [-0.25, -0.2) is 4.39 Å². The van der Waals surface area contributed by atoms with E-state index < -0.39 is 0 Å². The van der Waals surface area contributed by atoms with E-state index in [1.54, 1.807) is 0 Å². The zero-order chi connectivity index (χ0) is 10.8. The molecule has 2 aromatic rings. The van der Waals surface area contributed by atoms with E-state index >= 15 is 0 Å². The maximum atomic E-state index is 12.7. The van der Waals surface area contributed by atoms with Crippen LogP contribution >= 0.6 is 11.3 Å². The number of aromatic amines is 1. The predicted octanol–water partition coefficient (Wildman–Crippen LogP) is 2.11. The Hall–Kier alpha value is -1.93. The van der Waals surface area contributed by atoms with Gasteiger partial charge in [0.15, 0.2) is 0 Å². The molecular formula is C10H5FN2OS. The molecule has 1 heterocycles. The summed E-state index contributed by atoms with van der Waals surface area (Å²) < 4.78 is 12.7. The van der Waals surface area contributed by atoms with Crippen molar-refractivity contribution in [2.75, 3.05) is 0 Å². The van der Waals surface area contributed by atoms with Crippen molar-refractivity contribution in [2.24, 2.45) is 0 Å². The second kappa shape index (κ2) is 3.67. The van der Waals surface area contributed by atoms with E-state index in [0.29, 0.717) is 10.4 Å². The summed E-state index contributed by atoms with van der Waals surface area (Å²) in [5, 5.41) is 8.76. The van der Waals surface area contributed by atoms with Crippen LogP contribution < -0.4 is 4.87 Å². The van der Waals surface area contributed by atoms with Gasteiger partial charge in [0.25, 0.3) is 0 Å². The molecule has 0 spiro atoms. The molecule has 0 aliphatic heterocycles. The van der Waals surface area contributed by atoms with Crippen molar-refractivity contribution in [1.29, 1.82) is 5.26 Å². The number of aromatic nitrogens is 1. The van der Waals surface area contributed by atoms with Crippen molar-refractivity contribution in [3.05, 3.63) is 45.4 Å². The summed E-state index contributed by atoms with van der Waals surface area (Å²) in [7, 11) is 0. The molecule has 74 valence electrons. The van der Waals surface area contributed by atoms with Crippen molar-refractivity contribution in [1.82, 2.24) is 4.98 Å². The maximum Gasteiger partial charge on any atom is 0.306 e. The molecule has 0 fully saturated rings. The number of hydrogen-bond acceptors (Lipinski definition) is 3. The highest BCUT2D eigenvalue weighted by molar-refractivity contribution is 7.13. The van der Waals surface area contributed by atoms with E-state index in [9.17, 15) is 9.18 Å². The summed E-state index contributed by atoms with van der Waals surface area (Å²) in [6, 6.07) is 7.55. The summed E-state index contributed by atoms with van der Waals surface area (Å²) in [5.74, 6) is -0.347. The lowest BCUT2D eigenvalue weighted by molar-refractivity contribution is 0.628. The third kappa shape index (κ3) is 1.80. The van der Waals surface area contributed by atoms with Crippen LogP contribution in [0.25, 0.3) is 10.4 Å². The molecule has 0 aliphatic carbocycles. The molecule has 1 N–H and O–H groups in total. The fraction of sp³-hybridized carbons (Fsp3) is 0. The number of benzene rings is 1. The molecule has 1 aromatic carbocycles. The highest BCUT2D eigenvalue weighted by Crippen LogP contribution is 2.24. The molecule has 0 saturated heterocycles. The Labute approximate surface area is 88.4 Å². The van der Waals surface area contributed by atoms with Gasteiger partial charge in [-0.1, -0.05) is 23.5 Å². The van der Waals surface area contributed by atoms with Gasteiger partial charge in [-0.2, -0.15) is 5.26 Å². The average Bonchev–Trinajstić information content (AvgIpc) is 2.61. The fourth-order valence-corrected chi connectivity index (χ4v) is 2.00. The molecule has 0 saturated carbocycles. The van der Waals surface area contributed by atoms with Crippen LogP contribution in [-0.2, 0) is 0 Å². The van der Waals surface area contributed by atoms with Crippen LogP contribution in [0.4, 0.5) is 4.39 Å². The lowest BCUT2D eigenvalue weighted by Crippen LogP contribution is -1.91. The van der Waals surface area contributed by atoms with E-state index in [-0.39, 0.29) is 16.4 Å². The Bertz CT molecular complexity index is 577. The minimum absolute atomic E-state index is 0.219. The number of nitrogens with one attached hydrogen (secondary N) is 1. The number of nitrogens with zero attached hydrogens (tertiary/aromatic N) is 1. The van der Waals surface area contributed by atoms with E-state index in [1.165, 1.54) is 24.3 Å².